The van der Waals surface area contributed by atoms with Gasteiger partial charge in [-0.05, 0) is 37.5 Å². The summed E-state index contributed by atoms with van der Waals surface area (Å²) in [5, 5.41) is 0. The van der Waals surface area contributed by atoms with Crippen LogP contribution in [-0.2, 0) is 13.1 Å². The minimum absolute atomic E-state index is 0.193. The van der Waals surface area contributed by atoms with Crippen LogP contribution in [0.1, 0.15) is 69.8 Å². The maximum absolute atomic E-state index is 13.5. The summed E-state index contributed by atoms with van der Waals surface area (Å²) in [4.78, 5) is 0. The normalized spacial score (nSPS) is 12.8. The van der Waals surface area contributed by atoms with Gasteiger partial charge in [0, 0.05) is 12.0 Å². The number of benzene rings is 1. The highest BCUT2D eigenvalue weighted by Crippen LogP contribution is 2.48. The lowest BCUT2D eigenvalue weighted by Crippen LogP contribution is -2.51. The molecule has 0 fully saturated rings. The molecule has 0 atom stereocenters. The summed E-state index contributed by atoms with van der Waals surface area (Å²) < 4.78 is 111. The van der Waals surface area contributed by atoms with Crippen molar-refractivity contribution in [3.8, 4) is 5.75 Å². The van der Waals surface area contributed by atoms with Crippen LogP contribution >= 0.6 is 0 Å². The second kappa shape index (κ2) is 13.3. The summed E-state index contributed by atoms with van der Waals surface area (Å²) in [6.45, 7) is 1.31. The molecule has 1 aromatic carbocycles. The molecule has 0 aliphatic carbocycles. The Balaban J connectivity index is 1.54. The number of nitrogens with zero attached hydrogens (tertiary/aromatic N) is 2. The highest BCUT2D eigenvalue weighted by atomic mass is 19.4. The van der Waals surface area contributed by atoms with E-state index >= 15 is 0 Å². The van der Waals surface area contributed by atoms with Crippen LogP contribution in [0.2, 0.25) is 0 Å². The standard InChI is InChI=1S/C25H33F8N2O/c1-36-22-12-11-21(26)17-20(22)18-35-16-15-34(19-35)14-10-8-6-4-2-3-5-7-9-13-23(27,28)24(29,30)25(31,32)33/h11-12,15-17,19H,2-10,13-14,18H2,1H3/q+1. The summed E-state index contributed by atoms with van der Waals surface area (Å²) in [6.07, 6.45) is 3.86. The van der Waals surface area contributed by atoms with Crippen LogP contribution < -0.4 is 9.30 Å². The molecular formula is C25H33F8N2O+. The highest BCUT2D eigenvalue weighted by Gasteiger charge is 2.72. The fourth-order valence-electron chi connectivity index (χ4n) is 3.98. The molecule has 0 amide bonds. The summed E-state index contributed by atoms with van der Waals surface area (Å²) >= 11 is 0. The fraction of sp³-hybridized carbons (Fsp3) is 0.640. The second-order valence-corrected chi connectivity index (χ2v) is 8.99. The molecule has 0 bridgehead atoms. The lowest BCUT2D eigenvalue weighted by Gasteiger charge is -2.28. The van der Waals surface area contributed by atoms with Crippen molar-refractivity contribution in [2.24, 2.45) is 0 Å². The van der Waals surface area contributed by atoms with Crippen LogP contribution in [0.3, 0.4) is 0 Å². The molecule has 11 heteroatoms. The number of methoxy groups -OCH3 is 1. The van der Waals surface area contributed by atoms with E-state index in [9.17, 15) is 35.1 Å². The van der Waals surface area contributed by atoms with Gasteiger partial charge in [0.05, 0.1) is 13.7 Å². The van der Waals surface area contributed by atoms with E-state index in [1.54, 1.807) is 13.2 Å². The van der Waals surface area contributed by atoms with Gasteiger partial charge in [0.1, 0.15) is 30.5 Å². The van der Waals surface area contributed by atoms with Crippen molar-refractivity contribution < 1.29 is 44.4 Å². The first kappa shape index (κ1) is 29.9. The third-order valence-corrected chi connectivity index (χ3v) is 6.06. The second-order valence-electron chi connectivity index (χ2n) is 8.99. The Hall–Kier alpha value is -2.33. The third kappa shape index (κ3) is 8.65. The maximum atomic E-state index is 13.5. The number of unbranched alkanes of at least 4 members (excludes halogenated alkanes) is 8. The Kier molecular flexibility index (Phi) is 11.0. The van der Waals surface area contributed by atoms with Crippen LogP contribution in [0, 0.1) is 5.82 Å². The van der Waals surface area contributed by atoms with Gasteiger partial charge in [0.15, 0.2) is 0 Å². The van der Waals surface area contributed by atoms with Crippen molar-refractivity contribution in [1.29, 1.82) is 0 Å². The van der Waals surface area contributed by atoms with Crippen LogP contribution in [0.4, 0.5) is 35.1 Å². The largest absolute Gasteiger partial charge is 0.496 e. The Morgan fingerprint density at radius 2 is 1.42 bits per heavy atom. The van der Waals surface area contributed by atoms with Crippen molar-refractivity contribution in [1.82, 2.24) is 4.57 Å². The van der Waals surface area contributed by atoms with Gasteiger partial charge in [-0.25, -0.2) is 13.5 Å². The Bertz CT molecular complexity index is 927. The Labute approximate surface area is 206 Å². The van der Waals surface area contributed by atoms with Gasteiger partial charge in [-0.2, -0.15) is 30.7 Å². The van der Waals surface area contributed by atoms with E-state index in [4.69, 9.17) is 4.74 Å². The van der Waals surface area contributed by atoms with Crippen molar-refractivity contribution in [3.05, 3.63) is 48.3 Å². The van der Waals surface area contributed by atoms with E-state index < -0.39 is 24.4 Å². The van der Waals surface area contributed by atoms with Crippen molar-refractivity contribution in [2.45, 2.75) is 95.3 Å². The molecule has 2 aromatic rings. The van der Waals surface area contributed by atoms with Crippen molar-refractivity contribution in [3.63, 3.8) is 0 Å². The van der Waals surface area contributed by atoms with Gasteiger partial charge < -0.3 is 4.74 Å². The van der Waals surface area contributed by atoms with E-state index in [0.717, 1.165) is 50.6 Å². The van der Waals surface area contributed by atoms with Gasteiger partial charge in [0.25, 0.3) is 0 Å². The predicted molar refractivity (Wildman–Crippen MR) is 119 cm³/mol. The number of halogens is 8. The molecule has 0 N–H and O–H groups in total. The summed E-state index contributed by atoms with van der Waals surface area (Å²) in [6, 6.07) is 4.40. The van der Waals surface area contributed by atoms with Crippen LogP contribution in [0.5, 0.6) is 5.75 Å². The molecule has 0 saturated carbocycles. The van der Waals surface area contributed by atoms with Gasteiger partial charge in [-0.15, -0.1) is 0 Å². The van der Waals surface area contributed by atoms with Crippen LogP contribution in [0.25, 0.3) is 0 Å². The molecule has 1 aromatic heterocycles. The molecule has 36 heavy (non-hydrogen) atoms. The molecule has 2 rings (SSSR count). The first-order valence-electron chi connectivity index (χ1n) is 12.1. The van der Waals surface area contributed by atoms with E-state index in [2.05, 4.69) is 0 Å². The SMILES string of the molecule is COc1ccc(F)cc1C[n+]1ccn(CCCCCCCCCCCC(F)(F)C(F)(F)C(F)(F)F)c1. The molecule has 0 spiro atoms. The first-order chi connectivity index (χ1) is 16.9. The molecule has 0 saturated heterocycles. The average molecular weight is 530 g/mol. The maximum Gasteiger partial charge on any atom is 0.459 e. The first-order valence-corrected chi connectivity index (χ1v) is 12.1. The number of ether oxygens (including phenoxy) is 1. The monoisotopic (exact) mass is 529 g/mol. The fourth-order valence-corrected chi connectivity index (χ4v) is 3.98. The van der Waals surface area contributed by atoms with E-state index in [-0.39, 0.29) is 18.7 Å². The number of hydrogen-bond donors (Lipinski definition) is 0. The molecule has 204 valence electrons. The van der Waals surface area contributed by atoms with Gasteiger partial charge >= 0.3 is 18.0 Å². The summed E-state index contributed by atoms with van der Waals surface area (Å²) in [5.74, 6) is -10.8. The van der Waals surface area contributed by atoms with Gasteiger partial charge in [-0.3, -0.25) is 0 Å². The van der Waals surface area contributed by atoms with Gasteiger partial charge in [0.2, 0.25) is 6.33 Å². The molecule has 1 heterocycles. The summed E-state index contributed by atoms with van der Waals surface area (Å²) in [5.41, 5.74) is 0.744. The van der Waals surface area contributed by atoms with Gasteiger partial charge in [-0.1, -0.05) is 38.5 Å². The molecular weight excluding hydrogens is 496 g/mol. The molecule has 0 unspecified atom stereocenters. The molecule has 3 nitrogen and oxygen atoms in total. The number of hydrogen-bond acceptors (Lipinski definition) is 1. The zero-order chi connectivity index (χ0) is 26.8. The third-order valence-electron chi connectivity index (χ3n) is 6.06. The number of rotatable bonds is 16. The van der Waals surface area contributed by atoms with E-state index in [0.29, 0.717) is 18.7 Å². The van der Waals surface area contributed by atoms with Crippen molar-refractivity contribution in [2.75, 3.05) is 7.11 Å². The van der Waals surface area contributed by atoms with E-state index in [1.807, 2.05) is 27.9 Å². The van der Waals surface area contributed by atoms with Crippen molar-refractivity contribution >= 4 is 0 Å². The number of aryl methyl sites for hydroxylation is 1. The number of alkyl halides is 7. The average Bonchev–Trinajstić information content (AvgIpc) is 3.23. The minimum Gasteiger partial charge on any atom is -0.496 e. The zero-order valence-corrected chi connectivity index (χ0v) is 20.3. The molecule has 0 aliphatic rings. The number of aromatic nitrogens is 2. The lowest BCUT2D eigenvalue weighted by atomic mass is 10.0. The topological polar surface area (TPSA) is 18.0 Å². The van der Waals surface area contributed by atoms with Crippen LogP contribution in [-0.4, -0.2) is 29.7 Å². The quantitative estimate of drug-likeness (QED) is 0.124. The molecule has 0 aliphatic heterocycles. The Morgan fingerprint density at radius 3 is 2.00 bits per heavy atom. The minimum atomic E-state index is -6.25. The predicted octanol–water partition coefficient (Wildman–Crippen LogP) is 7.71. The molecule has 0 radical (unpaired) electrons. The van der Waals surface area contributed by atoms with E-state index in [1.165, 1.54) is 12.1 Å². The number of imidazole rings is 1. The smallest absolute Gasteiger partial charge is 0.459 e. The summed E-state index contributed by atoms with van der Waals surface area (Å²) in [7, 11) is 1.54. The zero-order valence-electron chi connectivity index (χ0n) is 20.3. The Morgan fingerprint density at radius 1 is 0.833 bits per heavy atom. The highest BCUT2D eigenvalue weighted by molar-refractivity contribution is 5.33. The lowest BCUT2D eigenvalue weighted by molar-refractivity contribution is -0.687. The van der Waals surface area contributed by atoms with Crippen LogP contribution in [0.15, 0.2) is 36.9 Å².